The minimum absolute atomic E-state index is 0.880. The fourth-order valence-electron chi connectivity index (χ4n) is 6.64. The third-order valence-corrected chi connectivity index (χ3v) is 8.81. The molecule has 0 spiro atoms. The summed E-state index contributed by atoms with van der Waals surface area (Å²) in [6, 6.07) is 56.3. The van der Waals surface area contributed by atoms with E-state index in [0.717, 1.165) is 33.3 Å². The fourth-order valence-corrected chi connectivity index (χ4v) is 6.64. The molecule has 0 saturated heterocycles. The zero-order chi connectivity index (χ0) is 29.0. The lowest BCUT2D eigenvalue weighted by Gasteiger charge is -2.11. The Morgan fingerprint density at radius 1 is 0.409 bits per heavy atom. The molecule has 9 aromatic rings. The molecular formula is C42H27NO. The molecule has 0 fully saturated rings. The summed E-state index contributed by atoms with van der Waals surface area (Å²) < 4.78 is 6.40. The number of hydrogen-bond acceptors (Lipinski definition) is 2. The fraction of sp³-hybridized carbons (Fsp3) is 0. The van der Waals surface area contributed by atoms with Crippen molar-refractivity contribution in [2.75, 3.05) is 5.32 Å². The molecule has 1 aromatic heterocycles. The van der Waals surface area contributed by atoms with Crippen LogP contribution in [0.4, 0.5) is 11.4 Å². The van der Waals surface area contributed by atoms with Crippen molar-refractivity contribution in [3.63, 3.8) is 0 Å². The Kier molecular flexibility index (Phi) is 5.54. The van der Waals surface area contributed by atoms with Gasteiger partial charge in [-0.2, -0.15) is 0 Å². The molecule has 1 heterocycles. The largest absolute Gasteiger partial charge is 0.454 e. The summed E-state index contributed by atoms with van der Waals surface area (Å²) in [5.74, 6) is 0. The first kappa shape index (κ1) is 24.7. The van der Waals surface area contributed by atoms with Crippen LogP contribution < -0.4 is 5.32 Å². The third kappa shape index (κ3) is 4.04. The second kappa shape index (κ2) is 9.86. The van der Waals surface area contributed by atoms with Gasteiger partial charge in [0.25, 0.3) is 0 Å². The minimum atomic E-state index is 0.880. The normalized spacial score (nSPS) is 11.6. The van der Waals surface area contributed by atoms with Gasteiger partial charge in [-0.05, 0) is 91.0 Å². The highest BCUT2D eigenvalue weighted by molar-refractivity contribution is 6.22. The lowest BCUT2D eigenvalue weighted by molar-refractivity contribution is 0.670. The summed E-state index contributed by atoms with van der Waals surface area (Å²) in [4.78, 5) is 0. The predicted octanol–water partition coefficient (Wildman–Crippen LogP) is 12.1. The van der Waals surface area contributed by atoms with Gasteiger partial charge in [0.1, 0.15) is 5.58 Å². The maximum Gasteiger partial charge on any atom is 0.159 e. The Morgan fingerprint density at radius 2 is 1.07 bits per heavy atom. The van der Waals surface area contributed by atoms with E-state index in [1.807, 2.05) is 12.1 Å². The summed E-state index contributed by atoms with van der Waals surface area (Å²) in [7, 11) is 0. The number of furan rings is 1. The molecule has 206 valence electrons. The molecule has 8 aromatic carbocycles. The lowest BCUT2D eigenvalue weighted by Crippen LogP contribution is -1.91. The Balaban J connectivity index is 1.07. The second-order valence-electron chi connectivity index (χ2n) is 11.5. The lowest BCUT2D eigenvalue weighted by atomic mass is 9.95. The number of benzene rings is 8. The minimum Gasteiger partial charge on any atom is -0.454 e. The first-order chi connectivity index (χ1) is 21.8. The molecule has 2 heteroatoms. The van der Waals surface area contributed by atoms with E-state index >= 15 is 0 Å². The molecule has 0 unspecified atom stereocenters. The van der Waals surface area contributed by atoms with Crippen LogP contribution in [0.3, 0.4) is 0 Å². The first-order valence-corrected chi connectivity index (χ1v) is 15.0. The molecule has 0 aliphatic rings. The van der Waals surface area contributed by atoms with Crippen molar-refractivity contribution in [1.29, 1.82) is 0 Å². The topological polar surface area (TPSA) is 25.2 Å². The maximum atomic E-state index is 6.40. The number of fused-ring (bicyclic) bond motifs is 7. The summed E-state index contributed by atoms with van der Waals surface area (Å²) in [5, 5.41) is 13.3. The van der Waals surface area contributed by atoms with Gasteiger partial charge in [-0.3, -0.25) is 0 Å². The van der Waals surface area contributed by atoms with Crippen molar-refractivity contribution >= 4 is 65.6 Å². The van der Waals surface area contributed by atoms with Gasteiger partial charge in [0.15, 0.2) is 5.58 Å². The molecule has 1 N–H and O–H groups in total. The molecule has 0 atom stereocenters. The van der Waals surface area contributed by atoms with Gasteiger partial charge in [0.2, 0.25) is 0 Å². The molecule has 9 rings (SSSR count). The van der Waals surface area contributed by atoms with Gasteiger partial charge in [-0.1, -0.05) is 121 Å². The molecular weight excluding hydrogens is 534 g/mol. The van der Waals surface area contributed by atoms with Crippen LogP contribution in [0.5, 0.6) is 0 Å². The van der Waals surface area contributed by atoms with Gasteiger partial charge in [0.05, 0.1) is 5.69 Å². The maximum absolute atomic E-state index is 6.40. The van der Waals surface area contributed by atoms with Crippen LogP contribution in [0.15, 0.2) is 162 Å². The molecule has 0 bridgehead atoms. The monoisotopic (exact) mass is 561 g/mol. The van der Waals surface area contributed by atoms with Gasteiger partial charge >= 0.3 is 0 Å². The van der Waals surface area contributed by atoms with E-state index in [0.29, 0.717) is 0 Å². The van der Waals surface area contributed by atoms with E-state index < -0.39 is 0 Å². The SMILES string of the molecule is c1ccc2c(-c3ccc4ccc(-c5ccc(Nc6cc7ccccc7c7c6oc6ccccc67)cc5)cc4c3)cccc2c1. The Hall–Kier alpha value is -5.86. The third-order valence-electron chi connectivity index (χ3n) is 8.81. The van der Waals surface area contributed by atoms with Crippen molar-refractivity contribution in [3.8, 4) is 22.3 Å². The van der Waals surface area contributed by atoms with Gasteiger partial charge < -0.3 is 9.73 Å². The smallest absolute Gasteiger partial charge is 0.159 e. The Morgan fingerprint density at radius 3 is 1.93 bits per heavy atom. The van der Waals surface area contributed by atoms with Gasteiger partial charge in [0, 0.05) is 16.5 Å². The Labute approximate surface area is 254 Å². The number of nitrogens with one attached hydrogen (secondary N) is 1. The van der Waals surface area contributed by atoms with Gasteiger partial charge in [-0.25, -0.2) is 0 Å². The summed E-state index contributed by atoms with van der Waals surface area (Å²) in [6.45, 7) is 0. The quantitative estimate of drug-likeness (QED) is 0.231. The zero-order valence-corrected chi connectivity index (χ0v) is 23.9. The van der Waals surface area contributed by atoms with Crippen molar-refractivity contribution < 1.29 is 4.42 Å². The molecule has 0 aliphatic carbocycles. The molecule has 0 radical (unpaired) electrons. The van der Waals surface area contributed by atoms with E-state index in [1.54, 1.807) is 0 Å². The van der Waals surface area contributed by atoms with E-state index in [1.165, 1.54) is 54.6 Å². The van der Waals surface area contributed by atoms with E-state index in [4.69, 9.17) is 4.42 Å². The van der Waals surface area contributed by atoms with Crippen molar-refractivity contribution in [3.05, 3.63) is 158 Å². The van der Waals surface area contributed by atoms with E-state index in [-0.39, 0.29) is 0 Å². The molecule has 0 aliphatic heterocycles. The number of hydrogen-bond donors (Lipinski definition) is 1. The van der Waals surface area contributed by atoms with E-state index in [2.05, 4.69) is 151 Å². The van der Waals surface area contributed by atoms with Crippen molar-refractivity contribution in [2.45, 2.75) is 0 Å². The summed E-state index contributed by atoms with van der Waals surface area (Å²) in [5.41, 5.74) is 8.64. The van der Waals surface area contributed by atoms with Crippen LogP contribution in [-0.2, 0) is 0 Å². The highest BCUT2D eigenvalue weighted by Gasteiger charge is 2.15. The van der Waals surface area contributed by atoms with Crippen LogP contribution >= 0.6 is 0 Å². The molecule has 44 heavy (non-hydrogen) atoms. The number of para-hydroxylation sites is 1. The first-order valence-electron chi connectivity index (χ1n) is 15.0. The average molecular weight is 562 g/mol. The Bertz CT molecular complexity index is 2520. The summed E-state index contributed by atoms with van der Waals surface area (Å²) in [6.07, 6.45) is 0. The van der Waals surface area contributed by atoms with Crippen LogP contribution in [0.1, 0.15) is 0 Å². The van der Waals surface area contributed by atoms with E-state index in [9.17, 15) is 0 Å². The van der Waals surface area contributed by atoms with Crippen LogP contribution in [-0.4, -0.2) is 0 Å². The highest BCUT2D eigenvalue weighted by Crippen LogP contribution is 2.40. The predicted molar refractivity (Wildman–Crippen MR) is 187 cm³/mol. The standard InChI is InChI=1S/C42H27NO/c1-3-11-35-29(8-1)10-7-14-36(35)32-19-17-28-16-18-30(24-33(28)25-32)27-20-22-34(23-21-27)43-39-26-31-9-2-4-12-37(31)41-38-13-5-6-15-40(38)44-42(39)41/h1-26,43H. The molecule has 0 saturated carbocycles. The number of rotatable bonds is 4. The van der Waals surface area contributed by atoms with Crippen molar-refractivity contribution in [2.24, 2.45) is 0 Å². The van der Waals surface area contributed by atoms with Crippen LogP contribution in [0.2, 0.25) is 0 Å². The molecule has 0 amide bonds. The second-order valence-corrected chi connectivity index (χ2v) is 11.5. The highest BCUT2D eigenvalue weighted by atomic mass is 16.3. The van der Waals surface area contributed by atoms with Crippen LogP contribution in [0, 0.1) is 0 Å². The number of anilines is 2. The zero-order valence-electron chi connectivity index (χ0n) is 23.9. The van der Waals surface area contributed by atoms with Crippen molar-refractivity contribution in [1.82, 2.24) is 0 Å². The molecule has 2 nitrogen and oxygen atoms in total. The average Bonchev–Trinajstić information content (AvgIpc) is 3.48. The van der Waals surface area contributed by atoms with Gasteiger partial charge in [-0.15, -0.1) is 0 Å². The van der Waals surface area contributed by atoms with Crippen LogP contribution in [0.25, 0.3) is 76.5 Å². The summed E-state index contributed by atoms with van der Waals surface area (Å²) >= 11 is 0.